The summed E-state index contributed by atoms with van der Waals surface area (Å²) in [5.41, 5.74) is 0. The molecule has 76 heavy (non-hydrogen) atoms. The zero-order valence-corrected chi connectivity index (χ0v) is 47.7. The average molecular weight is 1080 g/mol. The number of allylic oxidation sites excluding steroid dienone is 7. The molecular formula is C62H113NO13. The fourth-order valence-electron chi connectivity index (χ4n) is 9.99. The maximum absolute atomic E-state index is 13.2. The molecule has 0 aromatic carbocycles. The van der Waals surface area contributed by atoms with Crippen LogP contribution in [-0.2, 0) is 23.7 Å². The normalized spacial score (nSPS) is 25.2. The lowest BCUT2D eigenvalue weighted by atomic mass is 9.97. The van der Waals surface area contributed by atoms with Gasteiger partial charge in [0.25, 0.3) is 0 Å². The molecule has 2 saturated heterocycles. The van der Waals surface area contributed by atoms with Crippen LogP contribution in [0.15, 0.2) is 48.6 Å². The quantitative estimate of drug-likeness (QED) is 0.0204. The first-order valence-corrected chi connectivity index (χ1v) is 30.9. The Morgan fingerprint density at radius 1 is 0.474 bits per heavy atom. The monoisotopic (exact) mass is 1080 g/mol. The van der Waals surface area contributed by atoms with E-state index in [2.05, 4.69) is 55.6 Å². The third-order valence-electron chi connectivity index (χ3n) is 15.0. The molecule has 0 radical (unpaired) electrons. The number of rotatable bonds is 49. The molecule has 0 aromatic heterocycles. The van der Waals surface area contributed by atoms with Gasteiger partial charge in [-0.15, -0.1) is 0 Å². The minimum atomic E-state index is -1.79. The summed E-state index contributed by atoms with van der Waals surface area (Å²) in [6, 6.07) is -0.937. The summed E-state index contributed by atoms with van der Waals surface area (Å²) in [5.74, 6) is -0.257. The number of hydrogen-bond donors (Lipinski definition) is 9. The van der Waals surface area contributed by atoms with Crippen LogP contribution in [0, 0.1) is 0 Å². The lowest BCUT2D eigenvalue weighted by Gasteiger charge is -2.46. The van der Waals surface area contributed by atoms with E-state index in [0.29, 0.717) is 12.8 Å². The Labute approximate surface area is 461 Å². The molecule has 2 fully saturated rings. The minimum absolute atomic E-state index is 0.257. The SMILES string of the molecule is CCCCC/C=C\C/C=C\CCCCCCCCCC(=O)NC(COC1OC(CO)C(OC2OC(CO)C(O)C(O)C2O)C(O)C1O)C(O)/C=C/CC/C=C/CCCCCCCCCCCCCCCCCCCCC. The molecule has 1 amide bonds. The highest BCUT2D eigenvalue weighted by molar-refractivity contribution is 5.76. The van der Waals surface area contributed by atoms with Gasteiger partial charge in [0.2, 0.25) is 5.91 Å². The van der Waals surface area contributed by atoms with Gasteiger partial charge in [0.1, 0.15) is 48.8 Å². The van der Waals surface area contributed by atoms with Gasteiger partial charge >= 0.3 is 0 Å². The number of carbonyl (C=O) groups is 1. The zero-order valence-electron chi connectivity index (χ0n) is 47.7. The summed E-state index contributed by atoms with van der Waals surface area (Å²) >= 11 is 0. The van der Waals surface area contributed by atoms with Crippen molar-refractivity contribution in [3.63, 3.8) is 0 Å². The van der Waals surface area contributed by atoms with E-state index in [4.69, 9.17) is 18.9 Å². The van der Waals surface area contributed by atoms with E-state index >= 15 is 0 Å². The molecule has 12 unspecified atom stereocenters. The van der Waals surface area contributed by atoms with E-state index in [-0.39, 0.29) is 18.9 Å². The number of aliphatic hydroxyl groups excluding tert-OH is 8. The number of ether oxygens (including phenoxy) is 4. The smallest absolute Gasteiger partial charge is 0.220 e. The number of amides is 1. The molecule has 2 rings (SSSR count). The van der Waals surface area contributed by atoms with Crippen LogP contribution in [0.2, 0.25) is 0 Å². The van der Waals surface area contributed by atoms with Crippen molar-refractivity contribution in [3.8, 4) is 0 Å². The third-order valence-corrected chi connectivity index (χ3v) is 15.0. The largest absolute Gasteiger partial charge is 0.394 e. The fourth-order valence-corrected chi connectivity index (χ4v) is 9.99. The zero-order chi connectivity index (χ0) is 55.3. The van der Waals surface area contributed by atoms with Crippen LogP contribution in [-0.4, -0.2) is 140 Å². The first-order valence-electron chi connectivity index (χ1n) is 30.9. The number of carbonyl (C=O) groups excluding carboxylic acids is 1. The molecular weight excluding hydrogens is 967 g/mol. The van der Waals surface area contributed by atoms with Crippen LogP contribution in [0.5, 0.6) is 0 Å². The number of aliphatic hydroxyl groups is 8. The number of nitrogens with one attached hydrogen (secondary N) is 1. The van der Waals surface area contributed by atoms with Crippen LogP contribution >= 0.6 is 0 Å². The van der Waals surface area contributed by atoms with Crippen molar-refractivity contribution in [2.75, 3.05) is 19.8 Å². The Hall–Kier alpha value is -2.05. The lowest BCUT2D eigenvalue weighted by Crippen LogP contribution is -2.65. The summed E-state index contributed by atoms with van der Waals surface area (Å²) in [6.07, 6.45) is 43.0. The molecule has 0 aromatic rings. The highest BCUT2D eigenvalue weighted by Gasteiger charge is 2.51. The first-order chi connectivity index (χ1) is 37.1. The minimum Gasteiger partial charge on any atom is -0.394 e. The van der Waals surface area contributed by atoms with Gasteiger partial charge in [-0.3, -0.25) is 4.79 Å². The van der Waals surface area contributed by atoms with Gasteiger partial charge in [-0.2, -0.15) is 0 Å². The second-order valence-electron chi connectivity index (χ2n) is 21.8. The second-order valence-corrected chi connectivity index (χ2v) is 21.8. The van der Waals surface area contributed by atoms with Crippen molar-refractivity contribution in [2.24, 2.45) is 0 Å². The van der Waals surface area contributed by atoms with E-state index in [0.717, 1.165) is 51.4 Å². The molecule has 2 heterocycles. The van der Waals surface area contributed by atoms with Crippen molar-refractivity contribution < 1.29 is 64.6 Å². The molecule has 0 saturated carbocycles. The molecule has 2 aliphatic heterocycles. The lowest BCUT2D eigenvalue weighted by molar-refractivity contribution is -0.359. The molecule has 444 valence electrons. The van der Waals surface area contributed by atoms with E-state index < -0.39 is 86.8 Å². The Kier molecular flexibility index (Phi) is 44.0. The van der Waals surface area contributed by atoms with E-state index in [1.165, 1.54) is 161 Å². The molecule has 0 aliphatic carbocycles. The number of unbranched alkanes of at least 4 members (excludes halogenated alkanes) is 30. The van der Waals surface area contributed by atoms with Gasteiger partial charge in [0, 0.05) is 6.42 Å². The fraction of sp³-hybridized carbons (Fsp3) is 0.855. The Morgan fingerprint density at radius 3 is 1.39 bits per heavy atom. The summed E-state index contributed by atoms with van der Waals surface area (Å²) in [4.78, 5) is 13.2. The first kappa shape index (κ1) is 70.1. The van der Waals surface area contributed by atoms with Crippen LogP contribution in [0.25, 0.3) is 0 Å². The van der Waals surface area contributed by atoms with Gasteiger partial charge < -0.3 is 65.1 Å². The van der Waals surface area contributed by atoms with Gasteiger partial charge in [-0.1, -0.05) is 223 Å². The molecule has 9 N–H and O–H groups in total. The van der Waals surface area contributed by atoms with E-state index in [9.17, 15) is 45.6 Å². The van der Waals surface area contributed by atoms with Crippen LogP contribution < -0.4 is 5.32 Å². The van der Waals surface area contributed by atoms with Crippen LogP contribution in [0.4, 0.5) is 0 Å². The summed E-state index contributed by atoms with van der Waals surface area (Å²) in [7, 11) is 0. The highest BCUT2D eigenvalue weighted by atomic mass is 16.7. The predicted octanol–water partition coefficient (Wildman–Crippen LogP) is 10.8. The van der Waals surface area contributed by atoms with Crippen molar-refractivity contribution in [1.82, 2.24) is 5.32 Å². The molecule has 0 spiro atoms. The second kappa shape index (κ2) is 47.7. The van der Waals surface area contributed by atoms with Crippen molar-refractivity contribution >= 4 is 5.91 Å². The Morgan fingerprint density at radius 2 is 0.882 bits per heavy atom. The maximum Gasteiger partial charge on any atom is 0.220 e. The maximum atomic E-state index is 13.2. The van der Waals surface area contributed by atoms with Crippen molar-refractivity contribution in [3.05, 3.63) is 48.6 Å². The molecule has 14 nitrogen and oxygen atoms in total. The van der Waals surface area contributed by atoms with E-state index in [1.807, 2.05) is 6.08 Å². The van der Waals surface area contributed by atoms with Gasteiger partial charge in [-0.25, -0.2) is 0 Å². The Balaban J connectivity index is 1.76. The average Bonchev–Trinajstić information content (AvgIpc) is 3.42. The van der Waals surface area contributed by atoms with Crippen LogP contribution in [0.1, 0.15) is 245 Å². The molecule has 2 aliphatic rings. The van der Waals surface area contributed by atoms with Crippen molar-refractivity contribution in [1.29, 1.82) is 0 Å². The summed E-state index contributed by atoms with van der Waals surface area (Å²) < 4.78 is 22.8. The van der Waals surface area contributed by atoms with Crippen molar-refractivity contribution in [2.45, 2.75) is 319 Å². The standard InChI is InChI=1S/C62H113NO13/c1-3-5-7-9-11-13-15-17-19-21-22-23-24-25-26-27-28-30-31-33-35-37-39-41-43-45-51(66)50(63-54(67)46-44-42-40-38-36-34-32-29-20-18-16-14-12-10-8-6-4-2)49-73-61-59(72)57(70)60(53(48-65)75-61)76-62-58(71)56(69)55(68)52(47-64)74-62/h12,14,18,20,35,37,43,45,50-53,55-62,64-66,68-72H,3-11,13,15-17,19,21-34,36,38-42,44,46-49H2,1-2H3,(H,63,67)/b14-12-,20-18-,37-35+,45-43+. The topological polar surface area (TPSA) is 228 Å². The highest BCUT2D eigenvalue weighted by Crippen LogP contribution is 2.30. The molecule has 0 bridgehead atoms. The number of hydrogen-bond acceptors (Lipinski definition) is 13. The van der Waals surface area contributed by atoms with Gasteiger partial charge in [0.05, 0.1) is 32.0 Å². The third kappa shape index (κ3) is 32.9. The van der Waals surface area contributed by atoms with E-state index in [1.54, 1.807) is 6.08 Å². The summed E-state index contributed by atoms with van der Waals surface area (Å²) in [6.45, 7) is 2.76. The van der Waals surface area contributed by atoms with Gasteiger partial charge in [0.15, 0.2) is 12.6 Å². The van der Waals surface area contributed by atoms with Crippen LogP contribution in [0.3, 0.4) is 0 Å². The molecule has 12 atom stereocenters. The Bertz CT molecular complexity index is 1460. The van der Waals surface area contributed by atoms with Gasteiger partial charge in [-0.05, 0) is 64.2 Å². The molecule has 14 heteroatoms. The predicted molar refractivity (Wildman–Crippen MR) is 304 cm³/mol. The summed E-state index contributed by atoms with van der Waals surface area (Å²) in [5, 5.41) is 87.1.